The number of amides is 1. The van der Waals surface area contributed by atoms with E-state index in [2.05, 4.69) is 15.5 Å². The molecule has 0 fully saturated rings. The smallest absolute Gasteiger partial charge is 0.337 e. The van der Waals surface area contributed by atoms with Crippen LogP contribution in [0.4, 0.5) is 0 Å². The summed E-state index contributed by atoms with van der Waals surface area (Å²) in [5.41, 5.74) is 4.56. The first-order valence-corrected chi connectivity index (χ1v) is 10.6. The number of ether oxygens (including phenoxy) is 3. The van der Waals surface area contributed by atoms with Crippen LogP contribution >= 0.6 is 11.6 Å². The van der Waals surface area contributed by atoms with Gasteiger partial charge >= 0.3 is 5.97 Å². The predicted molar refractivity (Wildman–Crippen MR) is 126 cm³/mol. The minimum atomic E-state index is -0.567. The van der Waals surface area contributed by atoms with Crippen LogP contribution in [-0.4, -0.2) is 43.9 Å². The van der Waals surface area contributed by atoms with Gasteiger partial charge in [-0.1, -0.05) is 11.6 Å². The van der Waals surface area contributed by atoms with E-state index >= 15 is 0 Å². The van der Waals surface area contributed by atoms with E-state index in [4.69, 9.17) is 30.2 Å². The van der Waals surface area contributed by atoms with E-state index in [1.807, 2.05) is 6.07 Å². The summed E-state index contributed by atoms with van der Waals surface area (Å²) < 4.78 is 20.9. The second kappa shape index (κ2) is 11.8. The zero-order valence-electron chi connectivity index (χ0n) is 19.1. The van der Waals surface area contributed by atoms with Crippen LogP contribution in [-0.2, 0) is 20.9 Å². The van der Waals surface area contributed by atoms with Gasteiger partial charge in [-0.2, -0.15) is 10.4 Å². The summed E-state index contributed by atoms with van der Waals surface area (Å²) in [7, 11) is 2.80. The molecule has 1 amide bonds. The van der Waals surface area contributed by atoms with Crippen molar-refractivity contribution in [2.75, 3.05) is 20.8 Å². The minimum Gasteiger partial charge on any atom is -0.467 e. The maximum Gasteiger partial charge on any atom is 0.337 e. The number of carbonyl (C=O) groups is 2. The van der Waals surface area contributed by atoms with Crippen molar-refractivity contribution in [2.24, 2.45) is 5.10 Å². The molecule has 0 bridgehead atoms. The average Bonchev–Trinajstić information content (AvgIpc) is 3.31. The molecule has 0 spiro atoms. The molecule has 0 unspecified atom stereocenters. The number of furan rings is 1. The number of esters is 1. The van der Waals surface area contributed by atoms with Crippen LogP contribution in [0.15, 0.2) is 45.9 Å². The summed E-state index contributed by atoms with van der Waals surface area (Å²) in [6, 6.07) is 11.7. The third kappa shape index (κ3) is 6.44. The van der Waals surface area contributed by atoms with Crippen LogP contribution in [0.1, 0.15) is 32.9 Å². The van der Waals surface area contributed by atoms with Crippen LogP contribution in [0, 0.1) is 18.3 Å². The van der Waals surface area contributed by atoms with Crippen molar-refractivity contribution in [3.05, 3.63) is 69.6 Å². The summed E-state index contributed by atoms with van der Waals surface area (Å²) in [6.45, 7) is 1.55. The van der Waals surface area contributed by atoms with E-state index in [0.29, 0.717) is 38.9 Å². The number of rotatable bonds is 9. The third-order valence-corrected chi connectivity index (χ3v) is 4.94. The van der Waals surface area contributed by atoms with Gasteiger partial charge in [-0.25, -0.2) is 15.2 Å². The molecule has 1 aromatic carbocycles. The lowest BCUT2D eigenvalue weighted by atomic mass is 10.1. The van der Waals surface area contributed by atoms with Crippen molar-refractivity contribution in [3.63, 3.8) is 0 Å². The topological polar surface area (TPSA) is 136 Å². The highest BCUT2D eigenvalue weighted by Crippen LogP contribution is 2.30. The molecule has 0 aliphatic rings. The summed E-state index contributed by atoms with van der Waals surface area (Å²) in [5, 5.41) is 13.6. The van der Waals surface area contributed by atoms with Crippen LogP contribution in [0.5, 0.6) is 5.88 Å². The lowest BCUT2D eigenvalue weighted by molar-refractivity contribution is -0.123. The van der Waals surface area contributed by atoms with Gasteiger partial charge in [0, 0.05) is 23.9 Å². The first-order chi connectivity index (χ1) is 16.9. The second-order valence-corrected chi connectivity index (χ2v) is 7.53. The highest BCUT2D eigenvalue weighted by atomic mass is 35.5. The number of nitrogens with one attached hydrogen (secondary N) is 1. The monoisotopic (exact) mass is 496 g/mol. The number of hydrogen-bond acceptors (Lipinski definition) is 9. The molecule has 10 nitrogen and oxygen atoms in total. The van der Waals surface area contributed by atoms with Gasteiger partial charge in [0.1, 0.15) is 23.2 Å². The van der Waals surface area contributed by atoms with Gasteiger partial charge in [-0.15, -0.1) is 0 Å². The van der Waals surface area contributed by atoms with E-state index in [1.54, 1.807) is 43.3 Å². The first-order valence-electron chi connectivity index (χ1n) is 10.2. The van der Waals surface area contributed by atoms with Crippen molar-refractivity contribution in [2.45, 2.75) is 13.5 Å². The van der Waals surface area contributed by atoms with Crippen molar-refractivity contribution in [3.8, 4) is 23.3 Å². The number of aryl methyl sites for hydroxylation is 1. The standard InChI is InChI=1S/C24H21ClN4O6/c1-14-8-16(12-32-2)19(10-26)23(28-14)34-13-22(30)29-27-11-17-5-7-21(35-17)18-9-15(24(31)33-3)4-6-20(18)25/h4-9,11H,12-13H2,1-3H3,(H,29,30)/b27-11+. The minimum absolute atomic E-state index is 0.0421. The Bertz CT molecular complexity index is 1310. The fourth-order valence-electron chi connectivity index (χ4n) is 3.06. The molecule has 11 heteroatoms. The van der Waals surface area contributed by atoms with Crippen molar-refractivity contribution >= 4 is 29.7 Å². The fourth-order valence-corrected chi connectivity index (χ4v) is 3.27. The van der Waals surface area contributed by atoms with Gasteiger partial charge in [-0.05, 0) is 43.3 Å². The number of carbonyl (C=O) groups excluding carboxylic acids is 2. The van der Waals surface area contributed by atoms with Crippen LogP contribution in [0.3, 0.4) is 0 Å². The van der Waals surface area contributed by atoms with E-state index in [0.717, 1.165) is 0 Å². The van der Waals surface area contributed by atoms with E-state index < -0.39 is 18.5 Å². The van der Waals surface area contributed by atoms with Crippen molar-refractivity contribution < 1.29 is 28.2 Å². The summed E-state index contributed by atoms with van der Waals surface area (Å²) in [6.07, 6.45) is 1.29. The quantitative estimate of drug-likeness (QED) is 0.269. The highest BCUT2D eigenvalue weighted by Gasteiger charge is 2.15. The average molecular weight is 497 g/mol. The maximum absolute atomic E-state index is 12.1. The Morgan fingerprint density at radius 3 is 2.77 bits per heavy atom. The Morgan fingerprint density at radius 2 is 2.06 bits per heavy atom. The van der Waals surface area contributed by atoms with Gasteiger partial charge in [0.25, 0.3) is 5.91 Å². The largest absolute Gasteiger partial charge is 0.467 e. The molecule has 180 valence electrons. The number of nitrogens with zero attached hydrogens (tertiary/aromatic N) is 3. The molecule has 0 saturated carbocycles. The normalized spacial score (nSPS) is 10.7. The van der Waals surface area contributed by atoms with Gasteiger partial charge in [-0.3, -0.25) is 4.79 Å². The molecule has 35 heavy (non-hydrogen) atoms. The number of hydrazone groups is 1. The summed E-state index contributed by atoms with van der Waals surface area (Å²) in [4.78, 5) is 28.1. The molecule has 2 aromatic heterocycles. The lowest BCUT2D eigenvalue weighted by Gasteiger charge is -2.10. The number of methoxy groups -OCH3 is 2. The summed E-state index contributed by atoms with van der Waals surface area (Å²) >= 11 is 6.23. The number of aromatic nitrogens is 1. The molecule has 2 heterocycles. The van der Waals surface area contributed by atoms with E-state index in [1.165, 1.54) is 20.4 Å². The second-order valence-electron chi connectivity index (χ2n) is 7.12. The van der Waals surface area contributed by atoms with Crippen LogP contribution < -0.4 is 10.2 Å². The molecule has 0 radical (unpaired) electrons. The molecule has 1 N–H and O–H groups in total. The molecular weight excluding hydrogens is 476 g/mol. The molecule has 3 rings (SSSR count). The highest BCUT2D eigenvalue weighted by molar-refractivity contribution is 6.33. The number of hydrogen-bond donors (Lipinski definition) is 1. The van der Waals surface area contributed by atoms with E-state index in [-0.39, 0.29) is 18.1 Å². The summed E-state index contributed by atoms with van der Waals surface area (Å²) in [5.74, 6) is -0.294. The SMILES string of the molecule is COCc1cc(C)nc(OCC(=O)N/N=C/c2ccc(-c3cc(C(=O)OC)ccc3Cl)o2)c1C#N. The zero-order valence-corrected chi connectivity index (χ0v) is 19.9. The van der Waals surface area contributed by atoms with Crippen molar-refractivity contribution in [1.82, 2.24) is 10.4 Å². The van der Waals surface area contributed by atoms with Gasteiger partial charge in [0.15, 0.2) is 6.61 Å². The zero-order chi connectivity index (χ0) is 25.4. The molecule has 0 aliphatic carbocycles. The number of pyridine rings is 1. The molecule has 0 atom stereocenters. The Morgan fingerprint density at radius 1 is 1.26 bits per heavy atom. The fraction of sp³-hybridized carbons (Fsp3) is 0.208. The molecular formula is C24H21ClN4O6. The molecule has 3 aromatic rings. The van der Waals surface area contributed by atoms with Crippen molar-refractivity contribution in [1.29, 1.82) is 5.26 Å². The number of nitriles is 1. The third-order valence-electron chi connectivity index (χ3n) is 4.61. The maximum atomic E-state index is 12.1. The van der Waals surface area contributed by atoms with E-state index in [9.17, 15) is 14.9 Å². The Hall–Kier alpha value is -4.20. The Balaban J connectivity index is 1.62. The van der Waals surface area contributed by atoms with Gasteiger partial charge in [0.2, 0.25) is 5.88 Å². The first kappa shape index (κ1) is 25.4. The number of benzene rings is 1. The van der Waals surface area contributed by atoms with Crippen LogP contribution in [0.25, 0.3) is 11.3 Å². The predicted octanol–water partition coefficient (Wildman–Crippen LogP) is 3.64. The Kier molecular flexibility index (Phi) is 8.56. The van der Waals surface area contributed by atoms with Gasteiger partial charge < -0.3 is 18.6 Å². The Labute approximate surface area is 206 Å². The molecule has 0 saturated heterocycles. The molecule has 0 aliphatic heterocycles. The van der Waals surface area contributed by atoms with Gasteiger partial charge in [0.05, 0.1) is 30.5 Å². The van der Waals surface area contributed by atoms with Crippen LogP contribution in [0.2, 0.25) is 5.02 Å². The lowest BCUT2D eigenvalue weighted by Crippen LogP contribution is -2.25. The number of halogens is 1.